The Bertz CT molecular complexity index is 489. The molecule has 0 aliphatic heterocycles. The Morgan fingerprint density at radius 2 is 1.71 bits per heavy atom. The number of carbonyl (C=O) groups excluding carboxylic acids is 1. The first kappa shape index (κ1) is 14.9. The normalized spacial score (nSPS) is 22.5. The van der Waals surface area contributed by atoms with Crippen LogP contribution in [0.25, 0.3) is 0 Å². The average molecular weight is 306 g/mol. The third-order valence-electron chi connectivity index (χ3n) is 5.33. The van der Waals surface area contributed by atoms with Crippen LogP contribution in [0, 0.1) is 5.41 Å². The third-order valence-corrected chi connectivity index (χ3v) is 5.90. The lowest BCUT2D eigenvalue weighted by Crippen LogP contribution is -2.44. The predicted octanol–water partition coefficient (Wildman–Crippen LogP) is 4.02. The lowest BCUT2D eigenvalue weighted by atomic mass is 9.75. The topological polar surface area (TPSA) is 29.1 Å². The molecule has 2 saturated carbocycles. The minimum atomic E-state index is -0.260. The van der Waals surface area contributed by atoms with E-state index in [0.717, 1.165) is 37.8 Å². The summed E-state index contributed by atoms with van der Waals surface area (Å²) in [6.45, 7) is 0.740. The van der Waals surface area contributed by atoms with Crippen LogP contribution in [-0.2, 0) is 10.2 Å². The standard InChI is InChI=1S/C18H24ClNO/c19-13-17(9-5-2-6-10-17)14-20-16(21)18(11-12-18)15-7-3-1-4-8-15/h1,3-4,7-8H,2,5-6,9-14H2,(H,20,21). The van der Waals surface area contributed by atoms with Gasteiger partial charge < -0.3 is 5.32 Å². The van der Waals surface area contributed by atoms with Crippen molar-refractivity contribution in [1.29, 1.82) is 0 Å². The Morgan fingerprint density at radius 3 is 2.29 bits per heavy atom. The summed E-state index contributed by atoms with van der Waals surface area (Å²) >= 11 is 6.22. The van der Waals surface area contributed by atoms with Gasteiger partial charge in [-0.3, -0.25) is 4.79 Å². The van der Waals surface area contributed by atoms with Crippen molar-refractivity contribution >= 4 is 17.5 Å². The highest BCUT2D eigenvalue weighted by atomic mass is 35.5. The predicted molar refractivity (Wildman–Crippen MR) is 86.6 cm³/mol. The van der Waals surface area contributed by atoms with Gasteiger partial charge in [0.15, 0.2) is 0 Å². The van der Waals surface area contributed by atoms with E-state index in [2.05, 4.69) is 17.4 Å². The molecule has 2 nitrogen and oxygen atoms in total. The molecule has 2 aliphatic rings. The van der Waals surface area contributed by atoms with Crippen LogP contribution in [0.1, 0.15) is 50.5 Å². The van der Waals surface area contributed by atoms with E-state index in [4.69, 9.17) is 11.6 Å². The van der Waals surface area contributed by atoms with Gasteiger partial charge in [0.05, 0.1) is 5.41 Å². The van der Waals surface area contributed by atoms with Crippen LogP contribution in [0.5, 0.6) is 0 Å². The molecule has 1 N–H and O–H groups in total. The van der Waals surface area contributed by atoms with Crippen molar-refractivity contribution in [1.82, 2.24) is 5.32 Å². The Hall–Kier alpha value is -1.02. The summed E-state index contributed by atoms with van der Waals surface area (Å²) in [5.74, 6) is 0.856. The molecule has 1 amide bonds. The van der Waals surface area contributed by atoms with E-state index in [1.165, 1.54) is 19.3 Å². The first-order chi connectivity index (χ1) is 10.2. The molecule has 114 valence electrons. The maximum atomic E-state index is 12.7. The van der Waals surface area contributed by atoms with E-state index in [0.29, 0.717) is 5.88 Å². The maximum absolute atomic E-state index is 12.7. The zero-order chi connectivity index (χ0) is 14.8. The number of amides is 1. The van der Waals surface area contributed by atoms with Gasteiger partial charge in [0.2, 0.25) is 5.91 Å². The van der Waals surface area contributed by atoms with Crippen LogP contribution in [0.15, 0.2) is 30.3 Å². The lowest BCUT2D eigenvalue weighted by molar-refractivity contribution is -0.124. The summed E-state index contributed by atoms with van der Waals surface area (Å²) < 4.78 is 0. The van der Waals surface area contributed by atoms with E-state index >= 15 is 0 Å². The van der Waals surface area contributed by atoms with Gasteiger partial charge in [0, 0.05) is 17.8 Å². The van der Waals surface area contributed by atoms with Crippen LogP contribution in [0.3, 0.4) is 0 Å². The number of rotatable bonds is 5. The van der Waals surface area contributed by atoms with Gasteiger partial charge in [-0.15, -0.1) is 11.6 Å². The second kappa shape index (κ2) is 6.00. The molecular weight excluding hydrogens is 282 g/mol. The van der Waals surface area contributed by atoms with Crippen LogP contribution in [0.2, 0.25) is 0 Å². The van der Waals surface area contributed by atoms with Gasteiger partial charge in [0.25, 0.3) is 0 Å². The monoisotopic (exact) mass is 305 g/mol. The van der Waals surface area contributed by atoms with E-state index in [-0.39, 0.29) is 16.7 Å². The summed E-state index contributed by atoms with van der Waals surface area (Å²) in [6.07, 6.45) is 8.02. The van der Waals surface area contributed by atoms with E-state index in [1.807, 2.05) is 18.2 Å². The average Bonchev–Trinajstić information content (AvgIpc) is 3.36. The molecule has 0 heterocycles. The van der Waals surface area contributed by atoms with Crippen LogP contribution < -0.4 is 5.32 Å². The van der Waals surface area contributed by atoms with Gasteiger partial charge in [-0.1, -0.05) is 49.6 Å². The molecule has 2 fully saturated rings. The first-order valence-electron chi connectivity index (χ1n) is 8.11. The summed E-state index contributed by atoms with van der Waals surface area (Å²) in [7, 11) is 0. The maximum Gasteiger partial charge on any atom is 0.230 e. The van der Waals surface area contributed by atoms with Crippen molar-refractivity contribution in [2.24, 2.45) is 5.41 Å². The highest BCUT2D eigenvalue weighted by Gasteiger charge is 2.51. The van der Waals surface area contributed by atoms with E-state index in [9.17, 15) is 4.79 Å². The van der Waals surface area contributed by atoms with Crippen LogP contribution in [-0.4, -0.2) is 18.3 Å². The Balaban J connectivity index is 1.64. The number of halogens is 1. The molecule has 0 radical (unpaired) electrons. The minimum Gasteiger partial charge on any atom is -0.355 e. The molecule has 3 heteroatoms. The molecule has 0 atom stereocenters. The molecule has 1 aromatic carbocycles. The molecule has 0 saturated heterocycles. The van der Waals surface area contributed by atoms with Crippen molar-refractivity contribution in [3.8, 4) is 0 Å². The Labute approximate surface area is 132 Å². The van der Waals surface area contributed by atoms with Crippen molar-refractivity contribution in [3.63, 3.8) is 0 Å². The second-order valence-electron chi connectivity index (χ2n) is 6.83. The van der Waals surface area contributed by atoms with E-state index in [1.54, 1.807) is 0 Å². The quantitative estimate of drug-likeness (QED) is 0.818. The Kier molecular flexibility index (Phi) is 4.26. The fraction of sp³-hybridized carbons (Fsp3) is 0.611. The number of hydrogen-bond acceptors (Lipinski definition) is 1. The Morgan fingerprint density at radius 1 is 1.05 bits per heavy atom. The van der Waals surface area contributed by atoms with E-state index < -0.39 is 0 Å². The van der Waals surface area contributed by atoms with Gasteiger partial charge in [-0.25, -0.2) is 0 Å². The second-order valence-corrected chi connectivity index (χ2v) is 7.09. The fourth-order valence-corrected chi connectivity index (χ4v) is 3.99. The molecule has 0 spiro atoms. The zero-order valence-corrected chi connectivity index (χ0v) is 13.3. The molecule has 0 bridgehead atoms. The summed E-state index contributed by atoms with van der Waals surface area (Å²) in [5.41, 5.74) is 1.03. The molecule has 3 rings (SSSR count). The summed E-state index contributed by atoms with van der Waals surface area (Å²) in [5, 5.41) is 3.22. The molecule has 21 heavy (non-hydrogen) atoms. The largest absolute Gasteiger partial charge is 0.355 e. The van der Waals surface area contributed by atoms with Crippen LogP contribution >= 0.6 is 11.6 Å². The smallest absolute Gasteiger partial charge is 0.230 e. The van der Waals surface area contributed by atoms with Gasteiger partial charge in [0.1, 0.15) is 0 Å². The highest BCUT2D eigenvalue weighted by Crippen LogP contribution is 2.48. The van der Waals surface area contributed by atoms with Gasteiger partial charge in [-0.05, 0) is 31.2 Å². The number of alkyl halides is 1. The zero-order valence-electron chi connectivity index (χ0n) is 12.5. The number of hydrogen-bond donors (Lipinski definition) is 1. The third kappa shape index (κ3) is 2.96. The number of carbonyl (C=O) groups is 1. The van der Waals surface area contributed by atoms with Crippen molar-refractivity contribution in [3.05, 3.63) is 35.9 Å². The lowest BCUT2D eigenvalue weighted by Gasteiger charge is -2.36. The molecule has 2 aliphatic carbocycles. The van der Waals surface area contributed by atoms with Gasteiger partial charge >= 0.3 is 0 Å². The fourth-order valence-electron chi connectivity index (χ4n) is 3.63. The SMILES string of the molecule is O=C(NCC1(CCl)CCCCC1)C1(c2ccccc2)CC1. The molecule has 0 aromatic heterocycles. The van der Waals surface area contributed by atoms with Crippen molar-refractivity contribution in [2.45, 2.75) is 50.4 Å². The summed E-state index contributed by atoms with van der Waals surface area (Å²) in [6, 6.07) is 10.2. The van der Waals surface area contributed by atoms with Crippen LogP contribution in [0.4, 0.5) is 0 Å². The van der Waals surface area contributed by atoms with Crippen molar-refractivity contribution in [2.75, 3.05) is 12.4 Å². The molecule has 1 aromatic rings. The number of nitrogens with one attached hydrogen (secondary N) is 1. The summed E-state index contributed by atoms with van der Waals surface area (Å²) in [4.78, 5) is 12.7. The van der Waals surface area contributed by atoms with Crippen molar-refractivity contribution < 1.29 is 4.79 Å². The molecular formula is C18H24ClNO. The first-order valence-corrected chi connectivity index (χ1v) is 8.64. The minimum absolute atomic E-state index is 0.127. The number of benzene rings is 1. The van der Waals surface area contributed by atoms with Gasteiger partial charge in [-0.2, -0.15) is 0 Å². The highest BCUT2D eigenvalue weighted by molar-refractivity contribution is 6.18. The molecule has 0 unspecified atom stereocenters.